The van der Waals surface area contributed by atoms with Gasteiger partial charge in [-0.05, 0) is 30.4 Å². The molecule has 2 aliphatic rings. The second-order valence-corrected chi connectivity index (χ2v) is 9.68. The van der Waals surface area contributed by atoms with Crippen LogP contribution in [-0.4, -0.2) is 74.2 Å². The number of hydrogen-bond donors (Lipinski definition) is 0. The average molecular weight is 380 g/mol. The number of likely N-dealkylation sites (tertiary alicyclic amines) is 1. The van der Waals surface area contributed by atoms with Gasteiger partial charge >= 0.3 is 0 Å². The zero-order valence-corrected chi connectivity index (χ0v) is 16.5. The summed E-state index contributed by atoms with van der Waals surface area (Å²) in [4.78, 5) is 17.0. The van der Waals surface area contributed by atoms with Crippen molar-refractivity contribution >= 4 is 15.9 Å². The molecular weight excluding hydrogens is 350 g/mol. The molecule has 144 valence electrons. The van der Waals surface area contributed by atoms with E-state index in [0.29, 0.717) is 49.5 Å². The summed E-state index contributed by atoms with van der Waals surface area (Å²) in [5.74, 6) is 1.36. The fraction of sp³-hybridized carbons (Fsp3) is 0.632. The number of piperazine rings is 1. The molecule has 2 fully saturated rings. The van der Waals surface area contributed by atoms with Gasteiger partial charge in [-0.3, -0.25) is 9.69 Å². The van der Waals surface area contributed by atoms with Gasteiger partial charge in [-0.1, -0.05) is 32.0 Å². The molecule has 2 aliphatic heterocycles. The van der Waals surface area contributed by atoms with Gasteiger partial charge in [0.2, 0.25) is 15.9 Å². The van der Waals surface area contributed by atoms with E-state index in [1.165, 1.54) is 10.7 Å². The molecule has 7 heteroatoms. The number of amides is 1. The van der Waals surface area contributed by atoms with Gasteiger partial charge < -0.3 is 4.90 Å². The highest BCUT2D eigenvalue weighted by Gasteiger charge is 2.31. The van der Waals surface area contributed by atoms with Crippen molar-refractivity contribution in [3.05, 3.63) is 30.3 Å². The highest BCUT2D eigenvalue weighted by molar-refractivity contribution is 7.89. The van der Waals surface area contributed by atoms with Gasteiger partial charge in [0.25, 0.3) is 0 Å². The minimum atomic E-state index is -3.47. The van der Waals surface area contributed by atoms with Gasteiger partial charge in [-0.15, -0.1) is 0 Å². The quantitative estimate of drug-likeness (QED) is 0.795. The normalized spacial score (nSPS) is 26.0. The van der Waals surface area contributed by atoms with Crippen LogP contribution < -0.4 is 0 Å². The molecule has 0 spiro atoms. The molecule has 1 aromatic rings. The van der Waals surface area contributed by atoms with E-state index in [1.807, 2.05) is 0 Å². The molecule has 2 atom stereocenters. The van der Waals surface area contributed by atoms with E-state index in [0.717, 1.165) is 13.1 Å². The molecule has 0 bridgehead atoms. The molecule has 0 N–H and O–H groups in total. The minimum absolute atomic E-state index is 0.114. The third-order valence-corrected chi connectivity index (χ3v) is 7.19. The molecule has 2 unspecified atom stereocenters. The van der Waals surface area contributed by atoms with E-state index in [-0.39, 0.29) is 5.91 Å². The van der Waals surface area contributed by atoms with Gasteiger partial charge in [-0.25, -0.2) is 8.42 Å². The molecule has 0 aromatic heterocycles. The van der Waals surface area contributed by atoms with Crippen LogP contribution in [-0.2, 0) is 14.8 Å². The number of carbonyl (C=O) groups is 1. The van der Waals surface area contributed by atoms with Crippen molar-refractivity contribution in [2.45, 2.75) is 25.2 Å². The fourth-order valence-corrected chi connectivity index (χ4v) is 5.58. The molecule has 2 heterocycles. The first-order chi connectivity index (χ1) is 12.4. The Balaban J connectivity index is 1.54. The van der Waals surface area contributed by atoms with Crippen LogP contribution in [0, 0.1) is 11.8 Å². The van der Waals surface area contributed by atoms with Crippen LogP contribution >= 0.6 is 0 Å². The van der Waals surface area contributed by atoms with Crippen molar-refractivity contribution < 1.29 is 13.2 Å². The number of piperidine rings is 1. The molecule has 1 amide bonds. The van der Waals surface area contributed by atoms with Crippen LogP contribution in [0.5, 0.6) is 0 Å². The minimum Gasteiger partial charge on any atom is -0.339 e. The number of hydrogen-bond acceptors (Lipinski definition) is 4. The van der Waals surface area contributed by atoms with Crippen molar-refractivity contribution in [1.82, 2.24) is 14.1 Å². The van der Waals surface area contributed by atoms with Crippen LogP contribution in [0.2, 0.25) is 0 Å². The largest absolute Gasteiger partial charge is 0.339 e. The van der Waals surface area contributed by atoms with Crippen molar-refractivity contribution in [3.8, 4) is 0 Å². The lowest BCUT2D eigenvalue weighted by molar-refractivity contribution is -0.134. The Morgan fingerprint density at radius 2 is 1.58 bits per heavy atom. The van der Waals surface area contributed by atoms with E-state index >= 15 is 0 Å². The molecule has 2 saturated heterocycles. The Kier molecular flexibility index (Phi) is 5.99. The SMILES string of the molecule is CC1CC(C)CN(CC(=O)N2CCN(S(=O)(=O)c3ccccc3)CC2)C1. The van der Waals surface area contributed by atoms with Crippen molar-refractivity contribution in [2.75, 3.05) is 45.8 Å². The number of nitrogens with zero attached hydrogens (tertiary/aromatic N) is 3. The summed E-state index contributed by atoms with van der Waals surface area (Å²) in [5.41, 5.74) is 0. The molecule has 26 heavy (non-hydrogen) atoms. The second kappa shape index (κ2) is 8.06. The Hall–Kier alpha value is -1.44. The van der Waals surface area contributed by atoms with Crippen LogP contribution in [0.25, 0.3) is 0 Å². The van der Waals surface area contributed by atoms with Crippen molar-refractivity contribution in [2.24, 2.45) is 11.8 Å². The van der Waals surface area contributed by atoms with Crippen LogP contribution in [0.4, 0.5) is 0 Å². The fourth-order valence-electron chi connectivity index (χ4n) is 4.13. The van der Waals surface area contributed by atoms with Crippen LogP contribution in [0.1, 0.15) is 20.3 Å². The third kappa shape index (κ3) is 4.45. The zero-order valence-electron chi connectivity index (χ0n) is 15.7. The first-order valence-electron chi connectivity index (χ1n) is 9.41. The smallest absolute Gasteiger partial charge is 0.243 e. The Morgan fingerprint density at radius 3 is 2.15 bits per heavy atom. The number of sulfonamides is 1. The Bertz CT molecular complexity index is 705. The maximum absolute atomic E-state index is 12.7. The number of rotatable bonds is 4. The summed E-state index contributed by atoms with van der Waals surface area (Å²) in [7, 11) is -3.47. The van der Waals surface area contributed by atoms with E-state index in [2.05, 4.69) is 18.7 Å². The van der Waals surface area contributed by atoms with Crippen LogP contribution in [0.15, 0.2) is 35.2 Å². The number of benzene rings is 1. The van der Waals surface area contributed by atoms with Gasteiger partial charge in [0.15, 0.2) is 0 Å². The van der Waals surface area contributed by atoms with Crippen molar-refractivity contribution in [3.63, 3.8) is 0 Å². The molecular formula is C19H29N3O3S. The zero-order chi connectivity index (χ0) is 18.7. The molecule has 0 saturated carbocycles. The molecule has 3 rings (SSSR count). The highest BCUT2D eigenvalue weighted by atomic mass is 32.2. The predicted molar refractivity (Wildman–Crippen MR) is 101 cm³/mol. The maximum Gasteiger partial charge on any atom is 0.243 e. The predicted octanol–water partition coefficient (Wildman–Crippen LogP) is 1.50. The second-order valence-electron chi connectivity index (χ2n) is 7.74. The van der Waals surface area contributed by atoms with Gasteiger partial charge in [0.05, 0.1) is 11.4 Å². The standard InChI is InChI=1S/C19H29N3O3S/c1-16-12-17(2)14-20(13-16)15-19(23)21-8-10-22(11-9-21)26(24,25)18-6-4-3-5-7-18/h3-7,16-17H,8-15H2,1-2H3. The lowest BCUT2D eigenvalue weighted by Gasteiger charge is -2.38. The molecule has 1 aromatic carbocycles. The third-order valence-electron chi connectivity index (χ3n) is 5.28. The number of carbonyl (C=O) groups excluding carboxylic acids is 1. The first-order valence-corrected chi connectivity index (χ1v) is 10.9. The summed E-state index contributed by atoms with van der Waals surface area (Å²) in [6.07, 6.45) is 1.22. The molecule has 0 radical (unpaired) electrons. The average Bonchev–Trinajstić information content (AvgIpc) is 2.61. The molecule has 0 aliphatic carbocycles. The Morgan fingerprint density at radius 1 is 1.00 bits per heavy atom. The van der Waals surface area contributed by atoms with Gasteiger partial charge in [0, 0.05) is 39.3 Å². The summed E-state index contributed by atoms with van der Waals surface area (Å²) in [6.45, 7) is 8.50. The molecule has 6 nitrogen and oxygen atoms in total. The Labute approximate surface area is 156 Å². The lowest BCUT2D eigenvalue weighted by Crippen LogP contribution is -2.53. The highest BCUT2D eigenvalue weighted by Crippen LogP contribution is 2.21. The van der Waals surface area contributed by atoms with E-state index in [4.69, 9.17) is 0 Å². The van der Waals surface area contributed by atoms with Gasteiger partial charge in [-0.2, -0.15) is 4.31 Å². The topological polar surface area (TPSA) is 60.9 Å². The first kappa shape index (κ1) is 19.3. The van der Waals surface area contributed by atoms with E-state index < -0.39 is 10.0 Å². The maximum atomic E-state index is 12.7. The van der Waals surface area contributed by atoms with E-state index in [1.54, 1.807) is 35.2 Å². The summed E-state index contributed by atoms with van der Waals surface area (Å²) < 4.78 is 26.8. The van der Waals surface area contributed by atoms with Crippen LogP contribution in [0.3, 0.4) is 0 Å². The van der Waals surface area contributed by atoms with Gasteiger partial charge in [0.1, 0.15) is 0 Å². The summed E-state index contributed by atoms with van der Waals surface area (Å²) in [6, 6.07) is 8.50. The van der Waals surface area contributed by atoms with Crippen molar-refractivity contribution in [1.29, 1.82) is 0 Å². The summed E-state index contributed by atoms with van der Waals surface area (Å²) in [5, 5.41) is 0. The lowest BCUT2D eigenvalue weighted by atomic mass is 9.92. The summed E-state index contributed by atoms with van der Waals surface area (Å²) >= 11 is 0. The monoisotopic (exact) mass is 379 g/mol. The van der Waals surface area contributed by atoms with E-state index in [9.17, 15) is 13.2 Å².